The van der Waals surface area contributed by atoms with Crippen LogP contribution in [0.3, 0.4) is 0 Å². The van der Waals surface area contributed by atoms with E-state index in [1.54, 1.807) is 4.90 Å². The third-order valence-electron chi connectivity index (χ3n) is 4.71. The average Bonchev–Trinajstić information content (AvgIpc) is 3.07. The van der Waals surface area contributed by atoms with Crippen molar-refractivity contribution in [1.29, 1.82) is 0 Å². The maximum atomic E-state index is 12.3. The fourth-order valence-electron chi connectivity index (χ4n) is 3.07. The first-order valence-corrected chi connectivity index (χ1v) is 8.24. The number of likely N-dealkylation sites (tertiary alicyclic amines) is 1. The van der Waals surface area contributed by atoms with Gasteiger partial charge in [-0.3, -0.25) is 9.59 Å². The Hall–Kier alpha value is -2.28. The fourth-order valence-corrected chi connectivity index (χ4v) is 3.07. The molecule has 1 aromatic carbocycles. The van der Waals surface area contributed by atoms with Gasteiger partial charge in [0.15, 0.2) is 11.5 Å². The maximum Gasteiger partial charge on any atom is 0.236 e. The Morgan fingerprint density at radius 3 is 2.71 bits per heavy atom. The number of nitrogens with one attached hydrogen (secondary N) is 1. The molecule has 3 rings (SSSR count). The molecule has 0 bridgehead atoms. The Balaban J connectivity index is 1.48. The number of carbonyl (C=O) groups is 2. The molecule has 7 nitrogen and oxygen atoms in total. The van der Waals surface area contributed by atoms with Gasteiger partial charge in [0.25, 0.3) is 0 Å². The molecule has 0 radical (unpaired) electrons. The molecule has 24 heavy (non-hydrogen) atoms. The summed E-state index contributed by atoms with van der Waals surface area (Å²) in [6.45, 7) is 3.69. The molecule has 130 valence electrons. The molecule has 1 unspecified atom stereocenters. The van der Waals surface area contributed by atoms with Gasteiger partial charge in [0.1, 0.15) is 0 Å². The summed E-state index contributed by atoms with van der Waals surface area (Å²) >= 11 is 0. The topological polar surface area (TPSA) is 93.9 Å². The Morgan fingerprint density at radius 2 is 2.00 bits per heavy atom. The van der Waals surface area contributed by atoms with Crippen LogP contribution in [0, 0.1) is 5.92 Å². The number of fused-ring (bicyclic) bond motifs is 1. The molecule has 2 heterocycles. The Labute approximate surface area is 141 Å². The van der Waals surface area contributed by atoms with Crippen LogP contribution in [0.25, 0.3) is 0 Å². The van der Waals surface area contributed by atoms with E-state index in [4.69, 9.17) is 15.2 Å². The van der Waals surface area contributed by atoms with Crippen molar-refractivity contribution >= 4 is 11.8 Å². The molecule has 3 N–H and O–H groups in total. The first-order chi connectivity index (χ1) is 11.5. The third-order valence-corrected chi connectivity index (χ3v) is 4.71. The van der Waals surface area contributed by atoms with Gasteiger partial charge in [-0.05, 0) is 37.5 Å². The second-order valence-electron chi connectivity index (χ2n) is 6.27. The van der Waals surface area contributed by atoms with Crippen molar-refractivity contribution in [3.8, 4) is 11.5 Å². The van der Waals surface area contributed by atoms with Crippen LogP contribution in [0.1, 0.15) is 31.4 Å². The molecule has 0 aromatic heterocycles. The van der Waals surface area contributed by atoms with Crippen LogP contribution in [0.4, 0.5) is 0 Å². The van der Waals surface area contributed by atoms with Gasteiger partial charge in [0.2, 0.25) is 18.6 Å². The second-order valence-corrected chi connectivity index (χ2v) is 6.27. The molecule has 2 amide bonds. The van der Waals surface area contributed by atoms with Crippen molar-refractivity contribution in [2.75, 3.05) is 26.4 Å². The monoisotopic (exact) mass is 333 g/mol. The zero-order valence-corrected chi connectivity index (χ0v) is 13.8. The quantitative estimate of drug-likeness (QED) is 0.831. The van der Waals surface area contributed by atoms with Crippen molar-refractivity contribution in [3.05, 3.63) is 23.8 Å². The molecule has 0 spiro atoms. The highest BCUT2D eigenvalue weighted by Gasteiger charge is 2.26. The van der Waals surface area contributed by atoms with E-state index in [1.807, 2.05) is 25.1 Å². The maximum absolute atomic E-state index is 12.3. The highest BCUT2D eigenvalue weighted by atomic mass is 16.7. The second kappa shape index (κ2) is 7.09. The van der Waals surface area contributed by atoms with Crippen molar-refractivity contribution in [3.63, 3.8) is 0 Å². The van der Waals surface area contributed by atoms with Crippen LogP contribution in [0.5, 0.6) is 11.5 Å². The molecule has 7 heteroatoms. The summed E-state index contributed by atoms with van der Waals surface area (Å²) in [6.07, 6.45) is 1.30. The van der Waals surface area contributed by atoms with Crippen LogP contribution in [0.2, 0.25) is 0 Å². The van der Waals surface area contributed by atoms with Gasteiger partial charge in [-0.1, -0.05) is 6.07 Å². The molecule has 1 atom stereocenters. The van der Waals surface area contributed by atoms with E-state index in [2.05, 4.69) is 5.32 Å². The number of nitrogens with zero attached hydrogens (tertiary/aromatic N) is 1. The number of benzene rings is 1. The predicted octanol–water partition coefficient (Wildman–Crippen LogP) is 0.790. The van der Waals surface area contributed by atoms with Crippen LogP contribution < -0.4 is 20.5 Å². The highest BCUT2D eigenvalue weighted by Crippen LogP contribution is 2.34. The van der Waals surface area contributed by atoms with E-state index in [1.165, 1.54) is 0 Å². The lowest BCUT2D eigenvalue weighted by atomic mass is 9.96. The van der Waals surface area contributed by atoms with E-state index in [-0.39, 0.29) is 37.1 Å². The molecule has 1 saturated heterocycles. The average molecular weight is 333 g/mol. The third kappa shape index (κ3) is 3.62. The number of primary amides is 1. The summed E-state index contributed by atoms with van der Waals surface area (Å²) in [5.74, 6) is 1.16. The fraction of sp³-hybridized carbons (Fsp3) is 0.529. The van der Waals surface area contributed by atoms with Crippen LogP contribution in [-0.4, -0.2) is 43.1 Å². The molecule has 1 aromatic rings. The Morgan fingerprint density at radius 1 is 1.29 bits per heavy atom. The lowest BCUT2D eigenvalue weighted by Gasteiger charge is -2.31. The van der Waals surface area contributed by atoms with Crippen LogP contribution in [-0.2, 0) is 9.59 Å². The highest BCUT2D eigenvalue weighted by molar-refractivity contribution is 5.80. The summed E-state index contributed by atoms with van der Waals surface area (Å²) in [5, 5.41) is 3.24. The minimum absolute atomic E-state index is 0.0200. The summed E-state index contributed by atoms with van der Waals surface area (Å²) in [5.41, 5.74) is 6.36. The number of hydrogen-bond acceptors (Lipinski definition) is 5. The molecule has 0 saturated carbocycles. The Kier molecular flexibility index (Phi) is 4.89. The van der Waals surface area contributed by atoms with E-state index >= 15 is 0 Å². The van der Waals surface area contributed by atoms with Crippen molar-refractivity contribution in [2.24, 2.45) is 11.7 Å². The number of nitrogens with two attached hydrogens (primary N) is 1. The van der Waals surface area contributed by atoms with E-state index in [0.717, 1.165) is 17.1 Å². The first-order valence-electron chi connectivity index (χ1n) is 8.24. The number of piperidine rings is 1. The van der Waals surface area contributed by atoms with Crippen LogP contribution in [0.15, 0.2) is 18.2 Å². The molecule has 2 aliphatic heterocycles. The van der Waals surface area contributed by atoms with Gasteiger partial charge < -0.3 is 25.4 Å². The standard InChI is InChI=1S/C17H23N3O4/c1-11(13-2-3-14-15(8-13)24-10-23-14)19-9-16(21)20-6-4-12(5-7-20)17(18)22/h2-3,8,11-12,19H,4-7,9-10H2,1H3,(H2,18,22). The van der Waals surface area contributed by atoms with Gasteiger partial charge in [-0.2, -0.15) is 0 Å². The first kappa shape index (κ1) is 16.6. The number of hydrogen-bond donors (Lipinski definition) is 2. The lowest BCUT2D eigenvalue weighted by Crippen LogP contribution is -2.45. The van der Waals surface area contributed by atoms with Gasteiger partial charge in [-0.15, -0.1) is 0 Å². The van der Waals surface area contributed by atoms with E-state index in [9.17, 15) is 9.59 Å². The van der Waals surface area contributed by atoms with Crippen molar-refractivity contribution in [1.82, 2.24) is 10.2 Å². The molecule has 1 fully saturated rings. The summed E-state index contributed by atoms with van der Waals surface area (Å²) < 4.78 is 10.7. The van der Waals surface area contributed by atoms with Gasteiger partial charge in [0, 0.05) is 25.0 Å². The number of rotatable bonds is 5. The van der Waals surface area contributed by atoms with Gasteiger partial charge >= 0.3 is 0 Å². The predicted molar refractivity (Wildman–Crippen MR) is 87.5 cm³/mol. The molecular formula is C17H23N3O4. The van der Waals surface area contributed by atoms with E-state index < -0.39 is 0 Å². The van der Waals surface area contributed by atoms with E-state index in [0.29, 0.717) is 25.9 Å². The molecule has 2 aliphatic rings. The summed E-state index contributed by atoms with van der Waals surface area (Å²) in [4.78, 5) is 25.3. The molecular weight excluding hydrogens is 310 g/mol. The zero-order chi connectivity index (χ0) is 17.1. The number of ether oxygens (including phenoxy) is 2. The smallest absolute Gasteiger partial charge is 0.236 e. The van der Waals surface area contributed by atoms with Gasteiger partial charge in [0.05, 0.1) is 6.54 Å². The van der Waals surface area contributed by atoms with Gasteiger partial charge in [-0.25, -0.2) is 0 Å². The normalized spacial score (nSPS) is 18.5. The SMILES string of the molecule is CC(NCC(=O)N1CCC(C(N)=O)CC1)c1ccc2c(c1)OCO2. The minimum Gasteiger partial charge on any atom is -0.454 e. The number of carbonyl (C=O) groups excluding carboxylic acids is 2. The largest absolute Gasteiger partial charge is 0.454 e. The Bertz CT molecular complexity index is 626. The summed E-state index contributed by atoms with van der Waals surface area (Å²) in [6, 6.07) is 5.80. The summed E-state index contributed by atoms with van der Waals surface area (Å²) in [7, 11) is 0. The molecule has 0 aliphatic carbocycles. The number of amides is 2. The zero-order valence-electron chi connectivity index (χ0n) is 13.8. The van der Waals surface area contributed by atoms with Crippen molar-refractivity contribution in [2.45, 2.75) is 25.8 Å². The van der Waals surface area contributed by atoms with Crippen LogP contribution >= 0.6 is 0 Å². The lowest BCUT2D eigenvalue weighted by molar-refractivity contribution is -0.134. The minimum atomic E-state index is -0.267. The van der Waals surface area contributed by atoms with Crippen molar-refractivity contribution < 1.29 is 19.1 Å².